The van der Waals surface area contributed by atoms with Gasteiger partial charge in [-0.25, -0.2) is 9.78 Å². The Morgan fingerprint density at radius 2 is 1.85 bits per heavy atom. The molecule has 0 aliphatic heterocycles. The molecule has 138 valence electrons. The van der Waals surface area contributed by atoms with Crippen molar-refractivity contribution in [2.24, 2.45) is 0 Å². The number of anilines is 1. The molecule has 6 heteroatoms. The average molecular weight is 380 g/mol. The Balaban J connectivity index is 1.54. The molecule has 0 unspecified atom stereocenters. The Kier molecular flexibility index (Phi) is 5.66. The van der Waals surface area contributed by atoms with Gasteiger partial charge in [-0.05, 0) is 49.6 Å². The minimum atomic E-state index is -0.568. The molecular weight excluding hydrogens is 360 g/mol. The summed E-state index contributed by atoms with van der Waals surface area (Å²) < 4.78 is 5.99. The molecule has 3 aromatic rings. The van der Waals surface area contributed by atoms with E-state index in [2.05, 4.69) is 16.4 Å². The van der Waals surface area contributed by atoms with Crippen LogP contribution < -0.4 is 5.32 Å². The summed E-state index contributed by atoms with van der Waals surface area (Å²) in [5.41, 5.74) is 5.12. The van der Waals surface area contributed by atoms with E-state index >= 15 is 0 Å². The molecule has 0 saturated heterocycles. The van der Waals surface area contributed by atoms with E-state index < -0.39 is 11.9 Å². The van der Waals surface area contributed by atoms with Crippen LogP contribution in [0.15, 0.2) is 42.5 Å². The molecule has 27 heavy (non-hydrogen) atoms. The average Bonchev–Trinajstić information content (AvgIpc) is 3.02. The van der Waals surface area contributed by atoms with Crippen LogP contribution in [0, 0.1) is 20.8 Å². The highest BCUT2D eigenvalue weighted by Gasteiger charge is 2.11. The minimum Gasteiger partial charge on any atom is -0.452 e. The van der Waals surface area contributed by atoms with Crippen molar-refractivity contribution in [2.75, 3.05) is 11.9 Å². The van der Waals surface area contributed by atoms with Crippen LogP contribution in [0.3, 0.4) is 0 Å². The number of carbonyl (C=O) groups excluding carboxylic acids is 2. The Hall–Kier alpha value is -2.99. The van der Waals surface area contributed by atoms with Gasteiger partial charge in [0.05, 0.1) is 10.2 Å². The maximum atomic E-state index is 12.0. The summed E-state index contributed by atoms with van der Waals surface area (Å²) in [5, 5.41) is 3.18. The number of rotatable bonds is 5. The number of amides is 1. The van der Waals surface area contributed by atoms with E-state index in [1.165, 1.54) is 17.4 Å². The standard InChI is InChI=1S/C21H20N2O3S/c1-13-4-6-16(7-5-13)8-9-19(25)26-12-18(24)22-21-23-20-15(3)10-14(2)11-17(20)27-21/h4-11H,12H2,1-3H3,(H,22,23,24)/b9-8+. The van der Waals surface area contributed by atoms with Crippen LogP contribution in [0.1, 0.15) is 22.3 Å². The Bertz CT molecular complexity index is 1020. The van der Waals surface area contributed by atoms with Gasteiger partial charge in [-0.1, -0.05) is 47.2 Å². The largest absolute Gasteiger partial charge is 0.452 e. The molecule has 0 spiro atoms. The fourth-order valence-electron chi connectivity index (χ4n) is 2.61. The lowest BCUT2D eigenvalue weighted by Crippen LogP contribution is -2.20. The molecule has 0 fully saturated rings. The summed E-state index contributed by atoms with van der Waals surface area (Å²) >= 11 is 1.40. The zero-order valence-electron chi connectivity index (χ0n) is 15.4. The molecule has 0 saturated carbocycles. The lowest BCUT2D eigenvalue weighted by atomic mass is 10.1. The number of ether oxygens (including phenoxy) is 1. The van der Waals surface area contributed by atoms with Crippen molar-refractivity contribution in [1.82, 2.24) is 4.98 Å². The third-order valence-electron chi connectivity index (χ3n) is 3.91. The van der Waals surface area contributed by atoms with E-state index in [0.29, 0.717) is 5.13 Å². The maximum absolute atomic E-state index is 12.0. The topological polar surface area (TPSA) is 68.3 Å². The number of nitrogens with one attached hydrogen (secondary N) is 1. The molecule has 0 atom stereocenters. The van der Waals surface area contributed by atoms with Crippen LogP contribution in [0.5, 0.6) is 0 Å². The summed E-state index contributed by atoms with van der Waals surface area (Å²) in [6, 6.07) is 11.8. The molecular formula is C21H20N2O3S. The zero-order chi connectivity index (χ0) is 19.4. The molecule has 1 aromatic heterocycles. The summed E-state index contributed by atoms with van der Waals surface area (Å²) in [6.45, 7) is 5.65. The number of fused-ring (bicyclic) bond motifs is 1. The number of carbonyl (C=O) groups is 2. The number of nitrogens with zero attached hydrogens (tertiary/aromatic N) is 1. The highest BCUT2D eigenvalue weighted by atomic mass is 32.1. The molecule has 5 nitrogen and oxygen atoms in total. The molecule has 1 heterocycles. The molecule has 0 aliphatic carbocycles. The summed E-state index contributed by atoms with van der Waals surface area (Å²) in [4.78, 5) is 28.2. The predicted molar refractivity (Wildman–Crippen MR) is 109 cm³/mol. The van der Waals surface area contributed by atoms with Crippen molar-refractivity contribution in [2.45, 2.75) is 20.8 Å². The number of hydrogen-bond donors (Lipinski definition) is 1. The van der Waals surface area contributed by atoms with Gasteiger partial charge in [0.15, 0.2) is 11.7 Å². The normalized spacial score (nSPS) is 11.1. The van der Waals surface area contributed by atoms with E-state index in [9.17, 15) is 9.59 Å². The van der Waals surface area contributed by atoms with E-state index in [1.54, 1.807) is 6.08 Å². The number of aryl methyl sites for hydroxylation is 3. The van der Waals surface area contributed by atoms with Crippen molar-refractivity contribution >= 4 is 44.6 Å². The lowest BCUT2D eigenvalue weighted by Gasteiger charge is -2.02. The van der Waals surface area contributed by atoms with Gasteiger partial charge in [0.2, 0.25) is 0 Å². The number of benzene rings is 2. The van der Waals surface area contributed by atoms with Crippen molar-refractivity contribution in [1.29, 1.82) is 0 Å². The van der Waals surface area contributed by atoms with Gasteiger partial charge >= 0.3 is 5.97 Å². The van der Waals surface area contributed by atoms with Gasteiger partial charge in [0.25, 0.3) is 5.91 Å². The first-order valence-electron chi connectivity index (χ1n) is 8.50. The molecule has 2 aromatic carbocycles. The van der Waals surface area contributed by atoms with Gasteiger partial charge in [0.1, 0.15) is 0 Å². The van der Waals surface area contributed by atoms with Crippen LogP contribution in [0.4, 0.5) is 5.13 Å². The van der Waals surface area contributed by atoms with Gasteiger partial charge in [-0.3, -0.25) is 10.1 Å². The summed E-state index contributed by atoms with van der Waals surface area (Å²) in [5.74, 6) is -0.984. The molecule has 1 amide bonds. The van der Waals surface area contributed by atoms with Gasteiger partial charge in [0, 0.05) is 6.08 Å². The van der Waals surface area contributed by atoms with Crippen LogP contribution in [0.2, 0.25) is 0 Å². The highest BCUT2D eigenvalue weighted by molar-refractivity contribution is 7.22. The van der Waals surface area contributed by atoms with Crippen molar-refractivity contribution < 1.29 is 14.3 Å². The number of esters is 1. The van der Waals surface area contributed by atoms with Gasteiger partial charge < -0.3 is 4.74 Å². The molecule has 0 radical (unpaired) electrons. The second kappa shape index (κ2) is 8.14. The van der Waals surface area contributed by atoms with Gasteiger partial charge in [-0.2, -0.15) is 0 Å². The van der Waals surface area contributed by atoms with E-state index in [0.717, 1.165) is 32.5 Å². The van der Waals surface area contributed by atoms with Crippen molar-refractivity contribution in [3.05, 3.63) is 64.7 Å². The monoisotopic (exact) mass is 380 g/mol. The van der Waals surface area contributed by atoms with E-state index in [-0.39, 0.29) is 6.61 Å². The second-order valence-electron chi connectivity index (χ2n) is 6.35. The summed E-state index contributed by atoms with van der Waals surface area (Å²) in [7, 11) is 0. The fourth-order valence-corrected chi connectivity index (χ4v) is 3.66. The van der Waals surface area contributed by atoms with Crippen molar-refractivity contribution in [3.63, 3.8) is 0 Å². The maximum Gasteiger partial charge on any atom is 0.331 e. The Labute approximate surface area is 161 Å². The first-order chi connectivity index (χ1) is 12.9. The zero-order valence-corrected chi connectivity index (χ0v) is 16.2. The van der Waals surface area contributed by atoms with Crippen LogP contribution in [-0.2, 0) is 14.3 Å². The molecule has 1 N–H and O–H groups in total. The fraction of sp³-hybridized carbons (Fsp3) is 0.190. The predicted octanol–water partition coefficient (Wildman–Crippen LogP) is 4.42. The SMILES string of the molecule is Cc1ccc(/C=C/C(=O)OCC(=O)Nc2nc3c(C)cc(C)cc3s2)cc1. The highest BCUT2D eigenvalue weighted by Crippen LogP contribution is 2.29. The van der Waals surface area contributed by atoms with Crippen molar-refractivity contribution in [3.8, 4) is 0 Å². The Morgan fingerprint density at radius 3 is 2.59 bits per heavy atom. The van der Waals surface area contributed by atoms with Crippen LogP contribution >= 0.6 is 11.3 Å². The van der Waals surface area contributed by atoms with Crippen LogP contribution in [-0.4, -0.2) is 23.5 Å². The van der Waals surface area contributed by atoms with E-state index in [4.69, 9.17) is 4.74 Å². The smallest absolute Gasteiger partial charge is 0.331 e. The third kappa shape index (κ3) is 5.01. The number of aromatic nitrogens is 1. The number of hydrogen-bond acceptors (Lipinski definition) is 5. The third-order valence-corrected chi connectivity index (χ3v) is 4.83. The van der Waals surface area contributed by atoms with Crippen LogP contribution in [0.25, 0.3) is 16.3 Å². The quantitative estimate of drug-likeness (QED) is 0.526. The molecule has 0 bridgehead atoms. The first-order valence-corrected chi connectivity index (χ1v) is 9.31. The van der Waals surface area contributed by atoms with E-state index in [1.807, 2.05) is 51.1 Å². The van der Waals surface area contributed by atoms with Gasteiger partial charge in [-0.15, -0.1) is 0 Å². The molecule has 0 aliphatic rings. The minimum absolute atomic E-state index is 0.356. The summed E-state index contributed by atoms with van der Waals surface area (Å²) in [6.07, 6.45) is 2.96. The molecule has 3 rings (SSSR count). The Morgan fingerprint density at radius 1 is 1.11 bits per heavy atom. The first kappa shape index (κ1) is 18.8. The number of thiazole rings is 1. The second-order valence-corrected chi connectivity index (χ2v) is 7.38. The lowest BCUT2D eigenvalue weighted by molar-refractivity contribution is -0.142.